The van der Waals surface area contributed by atoms with Gasteiger partial charge in [0.05, 0.1) is 6.54 Å². The average molecular weight is 253 g/mol. The molecule has 0 saturated carbocycles. The SMILES string of the molecule is C=CC(=O)OC(CCCCCCCC)CN=C=O. The Kier molecular flexibility index (Phi) is 11.1. The summed E-state index contributed by atoms with van der Waals surface area (Å²) in [4.78, 5) is 24.6. The summed E-state index contributed by atoms with van der Waals surface area (Å²) in [6.07, 6.45) is 10.0. The van der Waals surface area contributed by atoms with E-state index in [0.29, 0.717) is 0 Å². The highest BCUT2D eigenvalue weighted by molar-refractivity contribution is 5.81. The van der Waals surface area contributed by atoms with Gasteiger partial charge in [-0.1, -0.05) is 45.6 Å². The van der Waals surface area contributed by atoms with Crippen molar-refractivity contribution in [2.45, 2.75) is 58.0 Å². The lowest BCUT2D eigenvalue weighted by atomic mass is 10.1. The second kappa shape index (κ2) is 12.1. The molecule has 4 heteroatoms. The maximum atomic E-state index is 11.1. The van der Waals surface area contributed by atoms with Crippen molar-refractivity contribution < 1.29 is 14.3 Å². The Hall–Kier alpha value is -1.41. The lowest BCUT2D eigenvalue weighted by Gasteiger charge is -2.14. The van der Waals surface area contributed by atoms with E-state index in [-0.39, 0.29) is 12.6 Å². The number of nitrogens with zero attached hydrogens (tertiary/aromatic N) is 1. The van der Waals surface area contributed by atoms with Crippen LogP contribution in [0.2, 0.25) is 0 Å². The van der Waals surface area contributed by atoms with E-state index in [1.807, 2.05) is 0 Å². The Bertz CT molecular complexity index is 283. The highest BCUT2D eigenvalue weighted by atomic mass is 16.5. The zero-order valence-corrected chi connectivity index (χ0v) is 11.2. The first-order valence-electron chi connectivity index (χ1n) is 6.61. The van der Waals surface area contributed by atoms with Gasteiger partial charge in [0.25, 0.3) is 0 Å². The summed E-state index contributed by atoms with van der Waals surface area (Å²) in [6.45, 7) is 5.72. The van der Waals surface area contributed by atoms with Crippen LogP contribution in [0.25, 0.3) is 0 Å². The van der Waals surface area contributed by atoms with Gasteiger partial charge in [0, 0.05) is 6.08 Å². The van der Waals surface area contributed by atoms with E-state index in [0.717, 1.165) is 25.3 Å². The number of hydrogen-bond donors (Lipinski definition) is 0. The molecule has 0 aliphatic carbocycles. The molecule has 0 aromatic heterocycles. The minimum absolute atomic E-state index is 0.192. The molecule has 102 valence electrons. The third-order valence-corrected chi connectivity index (χ3v) is 2.69. The van der Waals surface area contributed by atoms with Crippen molar-refractivity contribution >= 4 is 12.0 Å². The van der Waals surface area contributed by atoms with Gasteiger partial charge >= 0.3 is 5.97 Å². The van der Waals surface area contributed by atoms with Crippen molar-refractivity contribution in [3.8, 4) is 0 Å². The van der Waals surface area contributed by atoms with Crippen LogP contribution >= 0.6 is 0 Å². The van der Waals surface area contributed by atoms with E-state index in [1.165, 1.54) is 31.8 Å². The van der Waals surface area contributed by atoms with Crippen LogP contribution in [-0.2, 0) is 14.3 Å². The Morgan fingerprint density at radius 2 is 2.00 bits per heavy atom. The number of carbonyl (C=O) groups is 1. The summed E-state index contributed by atoms with van der Waals surface area (Å²) >= 11 is 0. The third kappa shape index (κ3) is 9.79. The van der Waals surface area contributed by atoms with Crippen molar-refractivity contribution in [1.29, 1.82) is 0 Å². The molecule has 0 spiro atoms. The number of esters is 1. The molecule has 0 aliphatic rings. The molecule has 0 N–H and O–H groups in total. The molecule has 18 heavy (non-hydrogen) atoms. The fourth-order valence-corrected chi connectivity index (χ4v) is 1.69. The largest absolute Gasteiger partial charge is 0.457 e. The van der Waals surface area contributed by atoms with Gasteiger partial charge in [0.1, 0.15) is 6.10 Å². The van der Waals surface area contributed by atoms with Crippen LogP contribution in [0.5, 0.6) is 0 Å². The van der Waals surface area contributed by atoms with Gasteiger partial charge in [-0.3, -0.25) is 0 Å². The van der Waals surface area contributed by atoms with Gasteiger partial charge in [0.15, 0.2) is 0 Å². The number of hydrogen-bond acceptors (Lipinski definition) is 4. The van der Waals surface area contributed by atoms with Crippen molar-refractivity contribution in [2.75, 3.05) is 6.54 Å². The number of carbonyl (C=O) groups excluding carboxylic acids is 2. The van der Waals surface area contributed by atoms with Crippen molar-refractivity contribution in [2.24, 2.45) is 4.99 Å². The summed E-state index contributed by atoms with van der Waals surface area (Å²) in [5, 5.41) is 0. The predicted molar refractivity (Wildman–Crippen MR) is 71.1 cm³/mol. The first-order chi connectivity index (χ1) is 8.74. The first-order valence-corrected chi connectivity index (χ1v) is 6.61. The van der Waals surface area contributed by atoms with Crippen LogP contribution in [-0.4, -0.2) is 24.7 Å². The molecule has 0 amide bonds. The third-order valence-electron chi connectivity index (χ3n) is 2.69. The minimum Gasteiger partial charge on any atom is -0.457 e. The molecule has 4 nitrogen and oxygen atoms in total. The van der Waals surface area contributed by atoms with E-state index in [4.69, 9.17) is 4.74 Å². The molecule has 1 atom stereocenters. The molecule has 0 radical (unpaired) electrons. The first kappa shape index (κ1) is 16.6. The fourth-order valence-electron chi connectivity index (χ4n) is 1.69. The standard InChI is InChI=1S/C14H23NO3/c1-3-5-6-7-8-9-10-13(11-15-12-16)18-14(17)4-2/h4,13H,2-3,5-11H2,1H3. The van der Waals surface area contributed by atoms with E-state index in [1.54, 1.807) is 0 Å². The second-order valence-electron chi connectivity index (χ2n) is 4.25. The number of rotatable bonds is 11. The average Bonchev–Trinajstić information content (AvgIpc) is 2.39. The molecule has 0 aliphatic heterocycles. The normalized spacial score (nSPS) is 11.4. The smallest absolute Gasteiger partial charge is 0.330 e. The van der Waals surface area contributed by atoms with Gasteiger partial charge < -0.3 is 4.74 Å². The Labute approximate surface area is 109 Å². The van der Waals surface area contributed by atoms with Crippen LogP contribution in [0.15, 0.2) is 17.6 Å². The summed E-state index contributed by atoms with van der Waals surface area (Å²) in [5.74, 6) is -0.466. The molecule has 0 bridgehead atoms. The molecule has 0 rings (SSSR count). The van der Waals surface area contributed by atoms with Crippen LogP contribution < -0.4 is 0 Å². The summed E-state index contributed by atoms with van der Waals surface area (Å²) in [6, 6.07) is 0. The van der Waals surface area contributed by atoms with Crippen LogP contribution in [0.4, 0.5) is 0 Å². The van der Waals surface area contributed by atoms with Crippen LogP contribution in [0, 0.1) is 0 Å². The quantitative estimate of drug-likeness (QED) is 0.187. The molecule has 0 fully saturated rings. The van der Waals surface area contributed by atoms with E-state index in [9.17, 15) is 9.59 Å². The Morgan fingerprint density at radius 1 is 1.33 bits per heavy atom. The highest BCUT2D eigenvalue weighted by Gasteiger charge is 2.11. The number of ether oxygens (including phenoxy) is 1. The molecular formula is C14H23NO3. The van der Waals surface area contributed by atoms with Crippen molar-refractivity contribution in [1.82, 2.24) is 0 Å². The van der Waals surface area contributed by atoms with Gasteiger partial charge in [0.2, 0.25) is 6.08 Å². The number of unbranched alkanes of at least 4 members (excludes halogenated alkanes) is 5. The van der Waals surface area contributed by atoms with E-state index >= 15 is 0 Å². The molecule has 1 unspecified atom stereocenters. The lowest BCUT2D eigenvalue weighted by Crippen LogP contribution is -2.20. The molecule has 0 saturated heterocycles. The lowest BCUT2D eigenvalue weighted by molar-refractivity contribution is -0.142. The van der Waals surface area contributed by atoms with Gasteiger partial charge in [-0.15, -0.1) is 0 Å². The summed E-state index contributed by atoms with van der Waals surface area (Å²) in [7, 11) is 0. The maximum Gasteiger partial charge on any atom is 0.330 e. The Balaban J connectivity index is 3.81. The monoisotopic (exact) mass is 253 g/mol. The summed E-state index contributed by atoms with van der Waals surface area (Å²) in [5.41, 5.74) is 0. The highest BCUT2D eigenvalue weighted by Crippen LogP contribution is 2.11. The summed E-state index contributed by atoms with van der Waals surface area (Å²) < 4.78 is 5.10. The topological polar surface area (TPSA) is 55.7 Å². The number of aliphatic imine (C=N–C) groups is 1. The zero-order valence-electron chi connectivity index (χ0n) is 11.2. The second-order valence-corrected chi connectivity index (χ2v) is 4.25. The zero-order chi connectivity index (χ0) is 13.6. The molecule has 0 aromatic carbocycles. The molecule has 0 heterocycles. The number of isocyanates is 1. The van der Waals surface area contributed by atoms with Crippen molar-refractivity contribution in [3.05, 3.63) is 12.7 Å². The Morgan fingerprint density at radius 3 is 2.61 bits per heavy atom. The van der Waals surface area contributed by atoms with E-state index < -0.39 is 5.97 Å². The minimum atomic E-state index is -0.466. The van der Waals surface area contributed by atoms with Gasteiger partial charge in [-0.25, -0.2) is 14.6 Å². The molecular weight excluding hydrogens is 230 g/mol. The fraction of sp³-hybridized carbons (Fsp3) is 0.714. The van der Waals surface area contributed by atoms with Gasteiger partial charge in [-0.05, 0) is 12.8 Å². The van der Waals surface area contributed by atoms with Gasteiger partial charge in [-0.2, -0.15) is 0 Å². The van der Waals surface area contributed by atoms with Crippen molar-refractivity contribution in [3.63, 3.8) is 0 Å². The van der Waals surface area contributed by atoms with Crippen LogP contribution in [0.3, 0.4) is 0 Å². The van der Waals surface area contributed by atoms with E-state index in [2.05, 4.69) is 18.5 Å². The maximum absolute atomic E-state index is 11.1. The predicted octanol–water partition coefficient (Wildman–Crippen LogP) is 3.17. The molecule has 0 aromatic rings. The van der Waals surface area contributed by atoms with Crippen LogP contribution in [0.1, 0.15) is 51.9 Å².